The number of hydrogen-bond acceptors (Lipinski definition) is 18. The Morgan fingerprint density at radius 1 is 0.576 bits per heavy atom. The Bertz CT molecular complexity index is 2490. The smallest absolute Gasteiger partial charge is 0.255 e. The van der Waals surface area contributed by atoms with E-state index in [1.807, 2.05) is 0 Å². The molecule has 6 aliphatic rings. The molecule has 0 radical (unpaired) electrons. The number of hydrogen-bond donors (Lipinski definition) is 12. The summed E-state index contributed by atoms with van der Waals surface area (Å²) in [6.45, 7) is 2.81. The van der Waals surface area contributed by atoms with Gasteiger partial charge in [-0.05, 0) is 78.1 Å². The molecular weight excluding hydrogens is 911 g/mol. The van der Waals surface area contributed by atoms with Crippen molar-refractivity contribution in [2.75, 3.05) is 28.2 Å². The van der Waals surface area contributed by atoms with Crippen LogP contribution in [0.5, 0.6) is 11.5 Å². The van der Waals surface area contributed by atoms with E-state index in [2.05, 4.69) is 0 Å². The Morgan fingerprint density at radius 3 is 1.15 bits per heavy atom. The van der Waals surface area contributed by atoms with Gasteiger partial charge in [0.2, 0.25) is 11.6 Å². The lowest BCUT2D eigenvalue weighted by Gasteiger charge is -2.53. The van der Waals surface area contributed by atoms with E-state index in [-0.39, 0.29) is 59.9 Å². The first-order chi connectivity index (χ1) is 29.5. The van der Waals surface area contributed by atoms with Gasteiger partial charge in [0.05, 0.1) is 34.4 Å². The quantitative estimate of drug-likeness (QED) is 0.181. The Balaban J connectivity index is 0.000000240. The van der Waals surface area contributed by atoms with E-state index >= 15 is 0 Å². The second-order valence-electron chi connectivity index (χ2n) is 17.9. The molecule has 2 fully saturated rings. The molecule has 356 valence electrons. The summed E-state index contributed by atoms with van der Waals surface area (Å²) in [6.07, 6.45) is -0.400. The predicted octanol–water partition coefficient (Wildman–Crippen LogP) is 0.102. The van der Waals surface area contributed by atoms with Gasteiger partial charge in [-0.2, -0.15) is 0 Å². The van der Waals surface area contributed by atoms with Gasteiger partial charge in [0.1, 0.15) is 45.7 Å². The van der Waals surface area contributed by atoms with Crippen LogP contribution in [-0.2, 0) is 40.0 Å². The molecule has 0 aromatic heterocycles. The predicted molar refractivity (Wildman–Crippen MR) is 235 cm³/mol. The second kappa shape index (κ2) is 16.5. The molecule has 8 rings (SSSR count). The lowest BCUT2D eigenvalue weighted by molar-refractivity contribution is -0.160. The Kier molecular flexibility index (Phi) is 12.8. The summed E-state index contributed by atoms with van der Waals surface area (Å²) in [5.41, 5.74) is -1.10. The molecule has 0 heterocycles. The van der Waals surface area contributed by atoms with Crippen molar-refractivity contribution in [2.24, 2.45) is 35.1 Å². The van der Waals surface area contributed by atoms with Crippen LogP contribution in [-0.4, -0.2) is 147 Å². The second-order valence-corrected chi connectivity index (χ2v) is 17.9. The van der Waals surface area contributed by atoms with E-state index in [1.54, 1.807) is 0 Å². The van der Waals surface area contributed by atoms with E-state index in [0.717, 1.165) is 0 Å². The fraction of sp³-hybridized carbons (Fsp3) is 0.409. The summed E-state index contributed by atoms with van der Waals surface area (Å²) in [6, 6.07) is 6.03. The highest BCUT2D eigenvalue weighted by molar-refractivity contribution is 6.25. The number of nitrogens with two attached hydrogens (primary N) is 2. The number of rotatable bonds is 4. The highest BCUT2D eigenvalue weighted by Crippen LogP contribution is 2.59. The van der Waals surface area contributed by atoms with Crippen LogP contribution in [0.3, 0.4) is 0 Å². The van der Waals surface area contributed by atoms with Crippen molar-refractivity contribution in [3.63, 3.8) is 0 Å². The number of phenolic OH excluding ortho intramolecular Hbond substituents is 2. The summed E-state index contributed by atoms with van der Waals surface area (Å²) in [5.74, 6) is -15.8. The van der Waals surface area contributed by atoms with Crippen LogP contribution < -0.4 is 11.5 Å². The number of likely N-dealkylation sites (N-methyl/N-ethyl adjacent to an activating group) is 2. The first-order valence-electron chi connectivity index (χ1n) is 19.9. The van der Waals surface area contributed by atoms with Gasteiger partial charge in [-0.15, -0.1) is 24.8 Å². The molecule has 0 unspecified atom stereocenters. The molecule has 0 aliphatic heterocycles. The maximum absolute atomic E-state index is 13.7. The number of aliphatic hydroxyl groups is 8. The van der Waals surface area contributed by atoms with Crippen molar-refractivity contribution < 1.29 is 79.8 Å². The minimum Gasteiger partial charge on any atom is -0.508 e. The van der Waals surface area contributed by atoms with Crippen LogP contribution in [0.4, 0.5) is 0 Å². The van der Waals surface area contributed by atoms with Crippen LogP contribution in [0.15, 0.2) is 70.2 Å². The number of nitrogens with zero attached hydrogens (tertiary/aromatic N) is 2. The van der Waals surface area contributed by atoms with Crippen molar-refractivity contribution in [2.45, 2.75) is 61.2 Å². The van der Waals surface area contributed by atoms with Crippen LogP contribution in [0.1, 0.15) is 48.9 Å². The number of carbonyl (C=O) groups is 6. The average Bonchev–Trinajstić information content (AvgIpc) is 3.18. The van der Waals surface area contributed by atoms with E-state index < -0.39 is 150 Å². The largest absolute Gasteiger partial charge is 0.508 e. The Morgan fingerprint density at radius 2 is 0.879 bits per heavy atom. The van der Waals surface area contributed by atoms with Gasteiger partial charge in [-0.25, -0.2) is 0 Å². The third-order valence-electron chi connectivity index (χ3n) is 14.0. The number of Topliss-reactive ketones (excluding diaryl/α,β-unsaturated/α-hetero) is 4. The number of halogens is 2. The molecule has 2 aromatic carbocycles. The highest BCUT2D eigenvalue weighted by Gasteiger charge is 2.68. The molecule has 6 aliphatic carbocycles. The first-order valence-corrected chi connectivity index (χ1v) is 19.9. The molecule has 14 N–H and O–H groups in total. The summed E-state index contributed by atoms with van der Waals surface area (Å²) in [4.78, 5) is 80.0. The van der Waals surface area contributed by atoms with Gasteiger partial charge in [-0.3, -0.25) is 38.6 Å². The lowest BCUT2D eigenvalue weighted by Crippen LogP contribution is -2.67. The van der Waals surface area contributed by atoms with E-state index in [1.165, 1.54) is 88.2 Å². The fourth-order valence-corrected chi connectivity index (χ4v) is 11.0. The molecule has 2 saturated carbocycles. The van der Waals surface area contributed by atoms with Crippen molar-refractivity contribution in [3.8, 4) is 11.5 Å². The van der Waals surface area contributed by atoms with Gasteiger partial charge >= 0.3 is 0 Å². The zero-order valence-electron chi connectivity index (χ0n) is 36.1. The molecule has 2 aromatic rings. The highest BCUT2D eigenvalue weighted by atomic mass is 35.5. The van der Waals surface area contributed by atoms with Crippen LogP contribution >= 0.6 is 24.8 Å². The zero-order chi connectivity index (χ0) is 47.8. The normalized spacial score (nSPS) is 33.3. The summed E-state index contributed by atoms with van der Waals surface area (Å²) < 4.78 is 0. The van der Waals surface area contributed by atoms with Gasteiger partial charge in [0, 0.05) is 34.8 Å². The Hall–Kier alpha value is -5.84. The standard InChI is InChI=1S/2C22H24N2O8.2ClH/c2*1-21(31)8-5-4-6-11(25)12(8)16(26)13-9(21)7-10-15(24(2)3)17(27)14(20(23)30)19(29)22(10,32)18(13)28;;/h2*4-6,9-10,15,25-26,29,31-32H,7H2,1-3H3,(H2,23,30);2*1H/t2*9-,10-,15-,21+,22-;;/m00../s1. The van der Waals surface area contributed by atoms with E-state index in [4.69, 9.17) is 11.5 Å². The van der Waals surface area contributed by atoms with Gasteiger partial charge in [0.25, 0.3) is 11.8 Å². The maximum Gasteiger partial charge on any atom is 0.255 e. The molecule has 10 atom stereocenters. The number of carbonyl (C=O) groups excluding carboxylic acids is 6. The number of primary amides is 2. The first kappa shape index (κ1) is 51.1. The summed E-state index contributed by atoms with van der Waals surface area (Å²) >= 11 is 0. The number of benzene rings is 2. The van der Waals surface area contributed by atoms with E-state index in [9.17, 15) is 79.8 Å². The number of fused-ring (bicyclic) bond motifs is 6. The Labute approximate surface area is 388 Å². The van der Waals surface area contributed by atoms with Gasteiger partial charge < -0.3 is 62.5 Å². The number of phenols is 2. The number of amides is 2. The molecule has 0 spiro atoms. The average molecular weight is 962 g/mol. The molecular formula is C44H50Cl2N4O16. The molecule has 0 bridgehead atoms. The van der Waals surface area contributed by atoms with Crippen LogP contribution in [0.25, 0.3) is 11.5 Å². The number of aliphatic hydroxyl groups excluding tert-OH is 4. The number of ketones is 4. The fourth-order valence-electron chi connectivity index (χ4n) is 11.0. The minimum atomic E-state index is -2.75. The molecule has 22 heteroatoms. The van der Waals surface area contributed by atoms with Crippen molar-refractivity contribution in [3.05, 3.63) is 92.5 Å². The molecule has 2 amide bonds. The van der Waals surface area contributed by atoms with E-state index in [0.29, 0.717) is 0 Å². The van der Waals surface area contributed by atoms with Crippen molar-refractivity contribution in [1.29, 1.82) is 0 Å². The molecule has 0 saturated heterocycles. The van der Waals surface area contributed by atoms with Crippen molar-refractivity contribution in [1.82, 2.24) is 9.80 Å². The van der Waals surface area contributed by atoms with Gasteiger partial charge in [-0.1, -0.05) is 24.3 Å². The number of aromatic hydroxyl groups is 2. The van der Waals surface area contributed by atoms with Crippen molar-refractivity contribution >= 4 is 71.3 Å². The third kappa shape index (κ3) is 6.56. The molecule has 66 heavy (non-hydrogen) atoms. The van der Waals surface area contributed by atoms with Gasteiger partial charge in [0.15, 0.2) is 22.8 Å². The maximum atomic E-state index is 13.7. The summed E-state index contributed by atoms with van der Waals surface area (Å²) in [7, 11) is 6.01. The molecule has 20 nitrogen and oxygen atoms in total. The van der Waals surface area contributed by atoms with Crippen LogP contribution in [0.2, 0.25) is 0 Å². The zero-order valence-corrected chi connectivity index (χ0v) is 37.8. The SMILES string of the molecule is CN(C)[C@@H]1C(=O)C(C(N)=O)=C(O)[C@@]2(O)C(=O)C3=C(O)c4c(O)cccc4[C@@](C)(O)[C@H]3C[C@@H]12.CN(C)[C@@H]1C(=O)C(C(N)=O)=C(O)[C@@]2(O)C(=O)C3=C(O)c4c(O)cccc4[C@@](C)(O)[C@H]3C[C@@H]12.Cl.Cl. The summed E-state index contributed by atoms with van der Waals surface area (Å²) in [5, 5.41) is 110. The lowest BCUT2D eigenvalue weighted by atomic mass is 9.54. The topological polar surface area (TPSA) is 363 Å². The van der Waals surface area contributed by atoms with Crippen LogP contribution in [0, 0.1) is 23.7 Å². The third-order valence-corrected chi connectivity index (χ3v) is 14.0. The monoisotopic (exact) mass is 960 g/mol. The minimum absolute atomic E-state index is 0.